The predicted octanol–water partition coefficient (Wildman–Crippen LogP) is 5.35. The molecule has 0 amide bonds. The van der Waals surface area contributed by atoms with Crippen LogP contribution >= 0.6 is 0 Å². The fourth-order valence-corrected chi connectivity index (χ4v) is 3.70. The second-order valence-electron chi connectivity index (χ2n) is 9.80. The standard InChI is InChI=1S/C26H36O4/c1-18(2)15-21(27)16-28-22-11-7-19(8-12-22)25(3,4)20-9-13-23(14-10-20)30-26(5,6)24-17-29-24/h7-14,18,21,24,27H,15-17H2,1-6H3. The SMILES string of the molecule is CC(C)CC(O)COc1ccc(C(C)(C)c2ccc(OC(C)(C)C3CO3)cc2)cc1. The number of benzene rings is 2. The predicted molar refractivity (Wildman–Crippen MR) is 120 cm³/mol. The monoisotopic (exact) mass is 412 g/mol. The van der Waals surface area contributed by atoms with Gasteiger partial charge in [0.05, 0.1) is 12.7 Å². The van der Waals surface area contributed by atoms with Crippen molar-refractivity contribution in [3.63, 3.8) is 0 Å². The van der Waals surface area contributed by atoms with Gasteiger partial charge in [-0.05, 0) is 61.6 Å². The summed E-state index contributed by atoms with van der Waals surface area (Å²) >= 11 is 0. The zero-order valence-electron chi connectivity index (χ0n) is 19.1. The second kappa shape index (κ2) is 8.99. The lowest BCUT2D eigenvalue weighted by Gasteiger charge is -2.28. The van der Waals surface area contributed by atoms with Gasteiger partial charge in [-0.1, -0.05) is 52.0 Å². The molecule has 0 saturated carbocycles. The molecule has 2 unspecified atom stereocenters. The van der Waals surface area contributed by atoms with E-state index in [1.807, 2.05) is 24.3 Å². The molecule has 0 aromatic heterocycles. The summed E-state index contributed by atoms with van der Waals surface area (Å²) in [5.41, 5.74) is 1.97. The third-order valence-corrected chi connectivity index (χ3v) is 5.83. The van der Waals surface area contributed by atoms with Crippen LogP contribution in [0.2, 0.25) is 0 Å². The molecule has 1 fully saturated rings. The molecule has 0 bridgehead atoms. The Morgan fingerprint density at radius 2 is 1.43 bits per heavy atom. The number of hydrogen-bond acceptors (Lipinski definition) is 4. The summed E-state index contributed by atoms with van der Waals surface area (Å²) in [5, 5.41) is 10.00. The van der Waals surface area contributed by atoms with Crippen LogP contribution in [0.3, 0.4) is 0 Å². The zero-order chi connectivity index (χ0) is 21.9. The molecule has 4 heteroatoms. The minimum absolute atomic E-state index is 0.149. The molecule has 4 nitrogen and oxygen atoms in total. The molecule has 1 saturated heterocycles. The van der Waals surface area contributed by atoms with E-state index < -0.39 is 6.10 Å². The van der Waals surface area contributed by atoms with Crippen molar-refractivity contribution >= 4 is 0 Å². The Balaban J connectivity index is 1.63. The minimum atomic E-state index is -0.432. The van der Waals surface area contributed by atoms with Gasteiger partial charge in [0.25, 0.3) is 0 Å². The molecule has 0 spiro atoms. The summed E-state index contributed by atoms with van der Waals surface area (Å²) in [5.74, 6) is 2.10. The van der Waals surface area contributed by atoms with Gasteiger partial charge in [-0.15, -0.1) is 0 Å². The molecule has 1 heterocycles. The Morgan fingerprint density at radius 3 is 1.90 bits per heavy atom. The number of epoxide rings is 1. The second-order valence-corrected chi connectivity index (χ2v) is 9.80. The molecule has 1 aliphatic rings. The van der Waals surface area contributed by atoms with E-state index in [0.717, 1.165) is 24.5 Å². The molecule has 164 valence electrons. The highest BCUT2D eigenvalue weighted by Gasteiger charge is 2.41. The fourth-order valence-electron chi connectivity index (χ4n) is 3.70. The Hall–Kier alpha value is -2.04. The maximum absolute atomic E-state index is 10.00. The highest BCUT2D eigenvalue weighted by atomic mass is 16.6. The largest absolute Gasteiger partial charge is 0.491 e. The first-order valence-corrected chi connectivity index (χ1v) is 10.9. The average molecular weight is 413 g/mol. The van der Waals surface area contributed by atoms with Gasteiger partial charge in [0.1, 0.15) is 29.8 Å². The molecule has 30 heavy (non-hydrogen) atoms. The molecule has 1 aliphatic heterocycles. The highest BCUT2D eigenvalue weighted by Crippen LogP contribution is 2.35. The molecular formula is C26H36O4. The molecule has 2 atom stereocenters. The summed E-state index contributed by atoms with van der Waals surface area (Å²) in [7, 11) is 0. The number of ether oxygens (including phenoxy) is 3. The van der Waals surface area contributed by atoms with Gasteiger partial charge in [0.15, 0.2) is 0 Å². The summed E-state index contributed by atoms with van der Waals surface area (Å²) in [6.45, 7) is 13.9. The normalized spacial score (nSPS) is 17.7. The topological polar surface area (TPSA) is 51.2 Å². The van der Waals surface area contributed by atoms with Crippen molar-refractivity contribution in [2.24, 2.45) is 5.92 Å². The van der Waals surface area contributed by atoms with Crippen LogP contribution in [-0.2, 0) is 10.2 Å². The van der Waals surface area contributed by atoms with Crippen LogP contribution in [0.1, 0.15) is 59.1 Å². The number of aliphatic hydroxyl groups is 1. The summed E-state index contributed by atoms with van der Waals surface area (Å²) in [6.07, 6.45) is 0.495. The van der Waals surface area contributed by atoms with Crippen LogP contribution < -0.4 is 9.47 Å². The van der Waals surface area contributed by atoms with Crippen LogP contribution in [0.4, 0.5) is 0 Å². The van der Waals surface area contributed by atoms with Crippen molar-refractivity contribution in [1.29, 1.82) is 0 Å². The smallest absolute Gasteiger partial charge is 0.132 e. The summed E-state index contributed by atoms with van der Waals surface area (Å²) in [6, 6.07) is 16.5. The fraction of sp³-hybridized carbons (Fsp3) is 0.538. The van der Waals surface area contributed by atoms with E-state index >= 15 is 0 Å². The number of hydrogen-bond donors (Lipinski definition) is 1. The zero-order valence-corrected chi connectivity index (χ0v) is 19.1. The van der Waals surface area contributed by atoms with Crippen LogP contribution in [0.25, 0.3) is 0 Å². The average Bonchev–Trinajstić information content (AvgIpc) is 3.52. The van der Waals surface area contributed by atoms with Crippen LogP contribution in [0, 0.1) is 5.92 Å². The number of rotatable bonds is 10. The first kappa shape index (κ1) is 22.6. The van der Waals surface area contributed by atoms with E-state index in [9.17, 15) is 5.11 Å². The molecular weight excluding hydrogens is 376 g/mol. The molecule has 0 aliphatic carbocycles. The molecule has 2 aromatic rings. The maximum Gasteiger partial charge on any atom is 0.132 e. The van der Waals surface area contributed by atoms with Crippen molar-refractivity contribution in [3.05, 3.63) is 59.7 Å². The van der Waals surface area contributed by atoms with Gasteiger partial charge in [-0.3, -0.25) is 0 Å². The maximum atomic E-state index is 10.00. The Bertz CT molecular complexity index is 802. The van der Waals surface area contributed by atoms with Crippen LogP contribution in [0.15, 0.2) is 48.5 Å². The third kappa shape index (κ3) is 5.77. The van der Waals surface area contributed by atoms with Gasteiger partial charge < -0.3 is 19.3 Å². The number of aliphatic hydroxyl groups excluding tert-OH is 1. The lowest BCUT2D eigenvalue weighted by molar-refractivity contribution is 0.0744. The van der Waals surface area contributed by atoms with Gasteiger partial charge in [0, 0.05) is 5.41 Å². The van der Waals surface area contributed by atoms with Gasteiger partial charge >= 0.3 is 0 Å². The van der Waals surface area contributed by atoms with E-state index in [0.29, 0.717) is 12.5 Å². The molecule has 3 rings (SSSR count). The Labute approximate surface area is 181 Å². The van der Waals surface area contributed by atoms with Crippen molar-refractivity contribution < 1.29 is 19.3 Å². The Kier molecular flexibility index (Phi) is 6.78. The van der Waals surface area contributed by atoms with Crippen molar-refractivity contribution in [1.82, 2.24) is 0 Å². The lowest BCUT2D eigenvalue weighted by atomic mass is 9.78. The van der Waals surface area contributed by atoms with E-state index in [4.69, 9.17) is 14.2 Å². The van der Waals surface area contributed by atoms with Crippen molar-refractivity contribution in [3.8, 4) is 11.5 Å². The van der Waals surface area contributed by atoms with E-state index in [1.54, 1.807) is 0 Å². The van der Waals surface area contributed by atoms with Crippen LogP contribution in [0.5, 0.6) is 11.5 Å². The minimum Gasteiger partial charge on any atom is -0.491 e. The van der Waals surface area contributed by atoms with Gasteiger partial charge in [-0.2, -0.15) is 0 Å². The summed E-state index contributed by atoms with van der Waals surface area (Å²) < 4.78 is 17.3. The van der Waals surface area contributed by atoms with Crippen LogP contribution in [-0.4, -0.2) is 36.1 Å². The molecule has 2 aromatic carbocycles. The van der Waals surface area contributed by atoms with E-state index in [1.165, 1.54) is 11.1 Å². The van der Waals surface area contributed by atoms with E-state index in [-0.39, 0.29) is 17.1 Å². The van der Waals surface area contributed by atoms with E-state index in [2.05, 4.69) is 65.8 Å². The first-order chi connectivity index (χ1) is 14.1. The lowest BCUT2D eigenvalue weighted by Crippen LogP contribution is -2.34. The van der Waals surface area contributed by atoms with Crippen molar-refractivity contribution in [2.75, 3.05) is 13.2 Å². The summed E-state index contributed by atoms with van der Waals surface area (Å²) in [4.78, 5) is 0. The van der Waals surface area contributed by atoms with Gasteiger partial charge in [-0.25, -0.2) is 0 Å². The first-order valence-electron chi connectivity index (χ1n) is 10.9. The van der Waals surface area contributed by atoms with Gasteiger partial charge in [0.2, 0.25) is 0 Å². The molecule has 1 N–H and O–H groups in total. The Morgan fingerprint density at radius 1 is 0.933 bits per heavy atom. The third-order valence-electron chi connectivity index (χ3n) is 5.83. The quantitative estimate of drug-likeness (QED) is 0.534. The highest BCUT2D eigenvalue weighted by molar-refractivity contribution is 5.42. The molecule has 0 radical (unpaired) electrons. The van der Waals surface area contributed by atoms with Crippen molar-refractivity contribution in [2.45, 2.75) is 71.2 Å².